The zero-order chi connectivity index (χ0) is 16.8. The number of methoxy groups -OCH3 is 1. The Morgan fingerprint density at radius 1 is 1.39 bits per heavy atom. The van der Waals surface area contributed by atoms with E-state index in [4.69, 9.17) is 13.9 Å². The molecule has 0 aromatic carbocycles. The molecule has 8 nitrogen and oxygen atoms in total. The van der Waals surface area contributed by atoms with Gasteiger partial charge in [0.1, 0.15) is 6.26 Å². The summed E-state index contributed by atoms with van der Waals surface area (Å²) in [7, 11) is 1.35. The molecule has 2 heterocycles. The average molecular weight is 324 g/mol. The lowest BCUT2D eigenvalue weighted by Gasteiger charge is -2.31. The second-order valence-corrected chi connectivity index (χ2v) is 5.11. The first kappa shape index (κ1) is 16.9. The number of rotatable bonds is 4. The smallest absolute Gasteiger partial charge is 0.409 e. The Morgan fingerprint density at radius 2 is 2.09 bits per heavy atom. The predicted octanol–water partition coefficient (Wildman–Crippen LogP) is 0.999. The summed E-state index contributed by atoms with van der Waals surface area (Å²) in [4.78, 5) is 36.9. The minimum atomic E-state index is -0.459. The Hall–Kier alpha value is -2.51. The molecule has 1 aliphatic rings. The molecule has 126 valence electrons. The number of nitrogens with zero attached hydrogens (tertiary/aromatic N) is 1. The summed E-state index contributed by atoms with van der Waals surface area (Å²) < 4.78 is 14.8. The van der Waals surface area contributed by atoms with Gasteiger partial charge in [-0.15, -0.1) is 0 Å². The van der Waals surface area contributed by atoms with E-state index in [1.165, 1.54) is 7.11 Å². The number of carbonyl (C=O) groups excluding carboxylic acids is 2. The highest BCUT2D eigenvalue weighted by atomic mass is 16.6. The number of hydrogen-bond acceptors (Lipinski definition) is 6. The summed E-state index contributed by atoms with van der Waals surface area (Å²) in [6.07, 6.45) is 2.01. The van der Waals surface area contributed by atoms with Gasteiger partial charge in [0.15, 0.2) is 5.76 Å². The highest BCUT2D eigenvalue weighted by Crippen LogP contribution is 2.13. The molecule has 23 heavy (non-hydrogen) atoms. The Labute approximate surface area is 133 Å². The van der Waals surface area contributed by atoms with E-state index in [0.717, 1.165) is 12.3 Å². The van der Waals surface area contributed by atoms with Crippen LogP contribution in [0.4, 0.5) is 4.79 Å². The maximum absolute atomic E-state index is 12.1. The van der Waals surface area contributed by atoms with Gasteiger partial charge < -0.3 is 24.1 Å². The predicted molar refractivity (Wildman–Crippen MR) is 80.6 cm³/mol. The molecule has 0 bridgehead atoms. The number of nitrogens with one attached hydrogen (secondary N) is 1. The van der Waals surface area contributed by atoms with E-state index in [2.05, 4.69) is 5.32 Å². The molecule has 1 aliphatic heterocycles. The van der Waals surface area contributed by atoms with Crippen molar-refractivity contribution < 1.29 is 23.5 Å². The first-order valence-corrected chi connectivity index (χ1v) is 7.44. The van der Waals surface area contributed by atoms with Gasteiger partial charge in [-0.3, -0.25) is 9.59 Å². The molecular weight excluding hydrogens is 304 g/mol. The van der Waals surface area contributed by atoms with Gasteiger partial charge in [-0.25, -0.2) is 4.79 Å². The van der Waals surface area contributed by atoms with Crippen molar-refractivity contribution in [3.63, 3.8) is 0 Å². The minimum absolute atomic E-state index is 0.0456. The Balaban J connectivity index is 1.89. The number of hydrogen-bond donors (Lipinski definition) is 1. The van der Waals surface area contributed by atoms with Gasteiger partial charge in [-0.2, -0.15) is 0 Å². The summed E-state index contributed by atoms with van der Waals surface area (Å²) in [5.41, 5.74) is -0.416. The lowest BCUT2D eigenvalue weighted by atomic mass is 10.1. The monoisotopic (exact) mass is 324 g/mol. The molecule has 0 spiro atoms. The van der Waals surface area contributed by atoms with Crippen molar-refractivity contribution in [2.24, 2.45) is 0 Å². The molecule has 1 aromatic rings. The van der Waals surface area contributed by atoms with Crippen molar-refractivity contribution in [2.45, 2.75) is 25.8 Å². The van der Waals surface area contributed by atoms with Crippen molar-refractivity contribution in [1.82, 2.24) is 10.2 Å². The van der Waals surface area contributed by atoms with Crippen molar-refractivity contribution >= 4 is 12.0 Å². The highest BCUT2D eigenvalue weighted by molar-refractivity contribution is 5.91. The van der Waals surface area contributed by atoms with Crippen LogP contribution in [0.3, 0.4) is 0 Å². The lowest BCUT2D eigenvalue weighted by Crippen LogP contribution is -2.46. The number of likely N-dealkylation sites (tertiary alicyclic amines) is 1. The summed E-state index contributed by atoms with van der Waals surface area (Å²) in [5, 5.41) is 2.80. The summed E-state index contributed by atoms with van der Waals surface area (Å²) in [5.74, 6) is -0.479. The maximum Gasteiger partial charge on any atom is 0.409 e. The molecule has 0 saturated carbocycles. The lowest BCUT2D eigenvalue weighted by molar-refractivity contribution is 0.0838. The zero-order valence-corrected chi connectivity index (χ0v) is 13.2. The van der Waals surface area contributed by atoms with Crippen molar-refractivity contribution in [3.8, 4) is 5.75 Å². The second-order valence-electron chi connectivity index (χ2n) is 5.11. The molecule has 8 heteroatoms. The first-order valence-electron chi connectivity index (χ1n) is 7.44. The second kappa shape index (κ2) is 7.66. The van der Waals surface area contributed by atoms with Crippen molar-refractivity contribution in [2.75, 3.05) is 26.8 Å². The third kappa shape index (κ3) is 4.24. The molecule has 2 rings (SSSR count). The van der Waals surface area contributed by atoms with Gasteiger partial charge >= 0.3 is 6.09 Å². The quantitative estimate of drug-likeness (QED) is 0.887. The fourth-order valence-corrected chi connectivity index (χ4v) is 2.34. The SMILES string of the molecule is CCOC(=O)N1CCC(NC(=O)c2cc(=O)c(OC)co2)CC1. The van der Waals surface area contributed by atoms with Gasteiger partial charge in [0.2, 0.25) is 11.2 Å². The normalized spacial score (nSPS) is 15.1. The number of piperidine rings is 1. The fourth-order valence-electron chi connectivity index (χ4n) is 2.34. The van der Waals surface area contributed by atoms with Crippen LogP contribution >= 0.6 is 0 Å². The highest BCUT2D eigenvalue weighted by Gasteiger charge is 2.25. The molecule has 0 unspecified atom stereocenters. The minimum Gasteiger partial charge on any atom is -0.490 e. The molecule has 2 amide bonds. The van der Waals surface area contributed by atoms with Gasteiger partial charge in [-0.05, 0) is 19.8 Å². The van der Waals surface area contributed by atoms with Crippen LogP contribution in [0, 0.1) is 0 Å². The molecule has 0 radical (unpaired) electrons. The largest absolute Gasteiger partial charge is 0.490 e. The van der Waals surface area contributed by atoms with E-state index in [9.17, 15) is 14.4 Å². The van der Waals surface area contributed by atoms with Crippen LogP contribution in [-0.4, -0.2) is 49.7 Å². The molecule has 1 aromatic heterocycles. The molecule has 1 saturated heterocycles. The number of ether oxygens (including phenoxy) is 2. The first-order chi connectivity index (χ1) is 11.0. The van der Waals surface area contributed by atoms with Crippen LogP contribution in [0.1, 0.15) is 30.3 Å². The number of carbonyl (C=O) groups is 2. The van der Waals surface area contributed by atoms with E-state index < -0.39 is 11.3 Å². The summed E-state index contributed by atoms with van der Waals surface area (Å²) in [6.45, 7) is 3.12. The van der Waals surface area contributed by atoms with Crippen LogP contribution in [0.25, 0.3) is 0 Å². The third-order valence-electron chi connectivity index (χ3n) is 3.60. The molecule has 0 aliphatic carbocycles. The topological polar surface area (TPSA) is 98.1 Å². The fraction of sp³-hybridized carbons (Fsp3) is 0.533. The number of amides is 2. The van der Waals surface area contributed by atoms with Crippen LogP contribution in [0.15, 0.2) is 21.5 Å². The molecule has 1 fully saturated rings. The standard InChI is InChI=1S/C15H20N2O6/c1-3-22-15(20)17-6-4-10(5-7-17)16-14(19)12-8-11(18)13(21-2)9-23-12/h8-10H,3-7H2,1-2H3,(H,16,19). The van der Waals surface area contributed by atoms with E-state index in [0.29, 0.717) is 32.5 Å². The molecular formula is C15H20N2O6. The van der Waals surface area contributed by atoms with Crippen LogP contribution in [0.5, 0.6) is 5.75 Å². The van der Waals surface area contributed by atoms with Crippen molar-refractivity contribution in [1.29, 1.82) is 0 Å². The van der Waals surface area contributed by atoms with E-state index in [1.54, 1.807) is 11.8 Å². The van der Waals surface area contributed by atoms with Crippen molar-refractivity contribution in [3.05, 3.63) is 28.3 Å². The Morgan fingerprint density at radius 3 is 2.65 bits per heavy atom. The summed E-state index contributed by atoms with van der Waals surface area (Å²) >= 11 is 0. The Kier molecular flexibility index (Phi) is 5.61. The molecule has 0 atom stereocenters. The third-order valence-corrected chi connectivity index (χ3v) is 3.60. The van der Waals surface area contributed by atoms with E-state index >= 15 is 0 Å². The van der Waals surface area contributed by atoms with Gasteiger partial charge in [-0.1, -0.05) is 0 Å². The van der Waals surface area contributed by atoms with Gasteiger partial charge in [0.05, 0.1) is 13.7 Å². The van der Waals surface area contributed by atoms with Gasteiger partial charge in [0.25, 0.3) is 5.91 Å². The molecule has 1 N–H and O–H groups in total. The summed E-state index contributed by atoms with van der Waals surface area (Å²) in [6, 6.07) is 1.02. The maximum atomic E-state index is 12.1. The average Bonchev–Trinajstić information content (AvgIpc) is 2.55. The van der Waals surface area contributed by atoms with E-state index in [-0.39, 0.29) is 23.6 Å². The van der Waals surface area contributed by atoms with E-state index in [1.807, 2.05) is 0 Å². The van der Waals surface area contributed by atoms with Crippen LogP contribution < -0.4 is 15.5 Å². The zero-order valence-electron chi connectivity index (χ0n) is 13.2. The van der Waals surface area contributed by atoms with Crippen LogP contribution in [0.2, 0.25) is 0 Å². The Bertz CT molecular complexity index is 619. The van der Waals surface area contributed by atoms with Gasteiger partial charge in [0, 0.05) is 25.2 Å². The van der Waals surface area contributed by atoms with Crippen LogP contribution in [-0.2, 0) is 4.74 Å².